The average molecular weight is 238 g/mol. The standard InChI is InChI=1S/C13H16ClNO/c1-10(14)9-16-13-6-2-11(3-7-13)8-15-12-4-5-12/h2-3,6-7,12,15H,1,4-5,8-9H2. The van der Waals surface area contributed by atoms with Crippen LogP contribution >= 0.6 is 11.6 Å². The first-order chi connectivity index (χ1) is 7.74. The van der Waals surface area contributed by atoms with Crippen LogP contribution in [0.3, 0.4) is 0 Å². The van der Waals surface area contributed by atoms with Crippen molar-refractivity contribution in [3.63, 3.8) is 0 Å². The van der Waals surface area contributed by atoms with Crippen LogP contribution in [0.4, 0.5) is 0 Å². The Kier molecular flexibility index (Phi) is 3.86. The van der Waals surface area contributed by atoms with E-state index in [1.165, 1.54) is 18.4 Å². The number of nitrogens with one attached hydrogen (secondary N) is 1. The zero-order valence-electron chi connectivity index (χ0n) is 9.21. The topological polar surface area (TPSA) is 21.3 Å². The molecule has 0 aliphatic heterocycles. The molecule has 0 heterocycles. The van der Waals surface area contributed by atoms with Gasteiger partial charge in [0.25, 0.3) is 0 Å². The number of rotatable bonds is 6. The summed E-state index contributed by atoms with van der Waals surface area (Å²) < 4.78 is 5.41. The number of halogens is 1. The molecule has 2 rings (SSSR count). The van der Waals surface area contributed by atoms with Gasteiger partial charge in [-0.2, -0.15) is 0 Å². The van der Waals surface area contributed by atoms with Crippen molar-refractivity contribution < 1.29 is 4.74 Å². The molecular formula is C13H16ClNO. The van der Waals surface area contributed by atoms with Crippen LogP contribution in [0.2, 0.25) is 0 Å². The predicted octanol–water partition coefficient (Wildman–Crippen LogP) is 3.07. The van der Waals surface area contributed by atoms with Gasteiger partial charge in [0.1, 0.15) is 12.4 Å². The van der Waals surface area contributed by atoms with Gasteiger partial charge in [-0.25, -0.2) is 0 Å². The van der Waals surface area contributed by atoms with Crippen molar-refractivity contribution in [2.24, 2.45) is 0 Å². The Morgan fingerprint density at radius 2 is 2.06 bits per heavy atom. The molecule has 0 atom stereocenters. The molecule has 0 amide bonds. The summed E-state index contributed by atoms with van der Waals surface area (Å²) in [5, 5.41) is 3.98. The Hall–Kier alpha value is -0.990. The van der Waals surface area contributed by atoms with Gasteiger partial charge in [0.2, 0.25) is 0 Å². The first-order valence-electron chi connectivity index (χ1n) is 5.52. The van der Waals surface area contributed by atoms with Gasteiger partial charge in [0, 0.05) is 17.6 Å². The minimum Gasteiger partial charge on any atom is -0.488 e. The number of hydrogen-bond donors (Lipinski definition) is 1. The molecule has 0 saturated heterocycles. The first kappa shape index (κ1) is 11.5. The third-order valence-electron chi connectivity index (χ3n) is 2.49. The Morgan fingerprint density at radius 1 is 1.38 bits per heavy atom. The van der Waals surface area contributed by atoms with E-state index in [0.717, 1.165) is 18.3 Å². The van der Waals surface area contributed by atoms with Crippen molar-refractivity contribution in [1.82, 2.24) is 5.32 Å². The summed E-state index contributed by atoms with van der Waals surface area (Å²) in [6, 6.07) is 8.81. The van der Waals surface area contributed by atoms with Crippen molar-refractivity contribution in [2.75, 3.05) is 6.61 Å². The third kappa shape index (κ3) is 3.87. The van der Waals surface area contributed by atoms with Crippen LogP contribution in [-0.4, -0.2) is 12.6 Å². The van der Waals surface area contributed by atoms with Crippen molar-refractivity contribution in [1.29, 1.82) is 0 Å². The minimum atomic E-state index is 0.362. The highest BCUT2D eigenvalue weighted by Gasteiger charge is 2.19. The molecule has 0 unspecified atom stereocenters. The van der Waals surface area contributed by atoms with E-state index in [1.54, 1.807) is 0 Å². The smallest absolute Gasteiger partial charge is 0.123 e. The largest absolute Gasteiger partial charge is 0.488 e. The molecule has 1 fully saturated rings. The van der Waals surface area contributed by atoms with Crippen molar-refractivity contribution >= 4 is 11.6 Å². The Labute approximate surface area is 101 Å². The second-order valence-electron chi connectivity index (χ2n) is 4.11. The maximum Gasteiger partial charge on any atom is 0.123 e. The number of benzene rings is 1. The van der Waals surface area contributed by atoms with Crippen molar-refractivity contribution in [3.05, 3.63) is 41.4 Å². The van der Waals surface area contributed by atoms with Gasteiger partial charge in [0.15, 0.2) is 0 Å². The lowest BCUT2D eigenvalue weighted by Crippen LogP contribution is -2.15. The van der Waals surface area contributed by atoms with Gasteiger partial charge in [-0.05, 0) is 30.5 Å². The van der Waals surface area contributed by atoms with E-state index < -0.39 is 0 Å². The summed E-state index contributed by atoms with van der Waals surface area (Å²) in [6.07, 6.45) is 2.64. The summed E-state index contributed by atoms with van der Waals surface area (Å²) in [7, 11) is 0. The first-order valence-corrected chi connectivity index (χ1v) is 5.90. The molecular weight excluding hydrogens is 222 g/mol. The van der Waals surface area contributed by atoms with Crippen molar-refractivity contribution in [3.8, 4) is 5.75 Å². The third-order valence-corrected chi connectivity index (χ3v) is 2.60. The molecule has 2 nitrogen and oxygen atoms in total. The fourth-order valence-electron chi connectivity index (χ4n) is 1.41. The summed E-state index contributed by atoms with van der Waals surface area (Å²) in [6.45, 7) is 4.87. The molecule has 0 radical (unpaired) electrons. The molecule has 0 bridgehead atoms. The van der Waals surface area contributed by atoms with Crippen LogP contribution in [0, 0.1) is 0 Å². The van der Waals surface area contributed by atoms with E-state index in [4.69, 9.17) is 16.3 Å². The Morgan fingerprint density at radius 3 is 2.62 bits per heavy atom. The zero-order valence-corrected chi connectivity index (χ0v) is 9.96. The lowest BCUT2D eigenvalue weighted by atomic mass is 10.2. The molecule has 16 heavy (non-hydrogen) atoms. The lowest BCUT2D eigenvalue weighted by molar-refractivity contribution is 0.359. The maximum absolute atomic E-state index is 5.62. The van der Waals surface area contributed by atoms with Crippen LogP contribution in [-0.2, 0) is 6.54 Å². The van der Waals surface area contributed by atoms with E-state index >= 15 is 0 Å². The maximum atomic E-state index is 5.62. The summed E-state index contributed by atoms with van der Waals surface area (Å²) >= 11 is 5.62. The minimum absolute atomic E-state index is 0.362. The predicted molar refractivity (Wildman–Crippen MR) is 66.8 cm³/mol. The monoisotopic (exact) mass is 237 g/mol. The Bertz CT molecular complexity index is 357. The fraction of sp³-hybridized carbons (Fsp3) is 0.385. The second kappa shape index (κ2) is 5.37. The van der Waals surface area contributed by atoms with Gasteiger partial charge in [-0.1, -0.05) is 30.3 Å². The molecule has 0 aromatic heterocycles. The second-order valence-corrected chi connectivity index (χ2v) is 4.64. The van der Waals surface area contributed by atoms with Crippen LogP contribution in [0.5, 0.6) is 5.75 Å². The van der Waals surface area contributed by atoms with E-state index in [1.807, 2.05) is 12.1 Å². The molecule has 1 aliphatic rings. The van der Waals surface area contributed by atoms with Gasteiger partial charge in [-0.15, -0.1) is 0 Å². The number of ether oxygens (including phenoxy) is 1. The van der Waals surface area contributed by atoms with Crippen molar-refractivity contribution in [2.45, 2.75) is 25.4 Å². The highest BCUT2D eigenvalue weighted by Crippen LogP contribution is 2.20. The quantitative estimate of drug-likeness (QED) is 0.821. The summed E-state index contributed by atoms with van der Waals surface area (Å²) in [4.78, 5) is 0. The van der Waals surface area contributed by atoms with Gasteiger partial charge in [0.05, 0.1) is 0 Å². The van der Waals surface area contributed by atoms with Gasteiger partial charge >= 0.3 is 0 Å². The van der Waals surface area contributed by atoms with E-state index in [0.29, 0.717) is 11.6 Å². The fourth-order valence-corrected chi connectivity index (χ4v) is 1.47. The van der Waals surface area contributed by atoms with E-state index in [2.05, 4.69) is 24.0 Å². The van der Waals surface area contributed by atoms with Gasteiger partial charge in [-0.3, -0.25) is 0 Å². The normalized spacial score (nSPS) is 14.8. The number of hydrogen-bond acceptors (Lipinski definition) is 2. The molecule has 1 aromatic carbocycles. The molecule has 1 saturated carbocycles. The molecule has 1 N–H and O–H groups in total. The van der Waals surface area contributed by atoms with Gasteiger partial charge < -0.3 is 10.1 Å². The van der Waals surface area contributed by atoms with Crippen LogP contribution < -0.4 is 10.1 Å². The molecule has 1 aliphatic carbocycles. The van der Waals surface area contributed by atoms with Crippen LogP contribution in [0.1, 0.15) is 18.4 Å². The summed E-state index contributed by atoms with van der Waals surface area (Å²) in [5.74, 6) is 0.831. The molecule has 86 valence electrons. The van der Waals surface area contributed by atoms with Crippen LogP contribution in [0.25, 0.3) is 0 Å². The summed E-state index contributed by atoms with van der Waals surface area (Å²) in [5.41, 5.74) is 1.28. The SMILES string of the molecule is C=C(Cl)COc1ccc(CNC2CC2)cc1. The average Bonchev–Trinajstić information content (AvgIpc) is 3.09. The molecule has 3 heteroatoms. The lowest BCUT2D eigenvalue weighted by Gasteiger charge is -2.06. The highest BCUT2D eigenvalue weighted by atomic mass is 35.5. The molecule has 1 aromatic rings. The van der Waals surface area contributed by atoms with E-state index in [-0.39, 0.29) is 0 Å². The van der Waals surface area contributed by atoms with E-state index in [9.17, 15) is 0 Å². The zero-order chi connectivity index (χ0) is 11.4. The Balaban J connectivity index is 1.80. The molecule has 0 spiro atoms. The van der Waals surface area contributed by atoms with Crippen LogP contribution in [0.15, 0.2) is 35.9 Å². The highest BCUT2D eigenvalue weighted by molar-refractivity contribution is 6.29.